The van der Waals surface area contributed by atoms with Crippen LogP contribution in [-0.4, -0.2) is 44.7 Å². The van der Waals surface area contributed by atoms with Gasteiger partial charge in [-0.2, -0.15) is 18.3 Å². The minimum atomic E-state index is -4.57. The number of halogens is 3. The van der Waals surface area contributed by atoms with Crippen molar-refractivity contribution in [2.45, 2.75) is 65.9 Å². The number of aryl methyl sites for hydroxylation is 1. The van der Waals surface area contributed by atoms with Gasteiger partial charge in [0.15, 0.2) is 6.10 Å². The van der Waals surface area contributed by atoms with Crippen molar-refractivity contribution in [1.29, 1.82) is 0 Å². The van der Waals surface area contributed by atoms with Crippen LogP contribution in [0.5, 0.6) is 0 Å². The van der Waals surface area contributed by atoms with Crippen molar-refractivity contribution in [3.63, 3.8) is 0 Å². The van der Waals surface area contributed by atoms with Gasteiger partial charge in [-0.3, -0.25) is 9.59 Å². The fourth-order valence-corrected chi connectivity index (χ4v) is 3.35. The third-order valence-corrected chi connectivity index (χ3v) is 4.72. The van der Waals surface area contributed by atoms with Gasteiger partial charge in [0, 0.05) is 23.8 Å². The molecule has 0 N–H and O–H groups in total. The van der Waals surface area contributed by atoms with E-state index in [1.807, 2.05) is 27.7 Å². The van der Waals surface area contributed by atoms with E-state index in [-0.39, 0.29) is 23.5 Å². The van der Waals surface area contributed by atoms with E-state index in [1.54, 1.807) is 4.90 Å². The van der Waals surface area contributed by atoms with E-state index in [2.05, 4.69) is 5.10 Å². The lowest BCUT2D eigenvalue weighted by Crippen LogP contribution is -2.47. The molecule has 1 amide bonds. The van der Waals surface area contributed by atoms with Gasteiger partial charge in [-0.05, 0) is 59.7 Å². The van der Waals surface area contributed by atoms with Gasteiger partial charge >= 0.3 is 12.1 Å². The number of alkyl halides is 3. The first-order chi connectivity index (χ1) is 14.7. The van der Waals surface area contributed by atoms with Crippen LogP contribution in [-0.2, 0) is 15.7 Å². The second kappa shape index (κ2) is 9.54. The number of carbonyl (C=O) groups excluding carboxylic acids is 2. The molecular weight excluding hydrogens is 427 g/mol. The molecule has 0 radical (unpaired) electrons. The van der Waals surface area contributed by atoms with Crippen molar-refractivity contribution in [3.8, 4) is 5.69 Å². The Hall–Kier alpha value is -3.17. The summed E-state index contributed by atoms with van der Waals surface area (Å²) < 4.78 is 45.4. The molecule has 0 aliphatic carbocycles. The molecule has 10 heteroatoms. The van der Waals surface area contributed by atoms with Crippen LogP contribution in [0, 0.1) is 6.92 Å². The van der Waals surface area contributed by atoms with E-state index in [4.69, 9.17) is 4.74 Å². The summed E-state index contributed by atoms with van der Waals surface area (Å²) in [6, 6.07) is 5.12. The fourth-order valence-electron chi connectivity index (χ4n) is 3.35. The molecule has 0 aliphatic rings. The van der Waals surface area contributed by atoms with Crippen LogP contribution in [0.1, 0.15) is 56.4 Å². The Morgan fingerprint density at radius 2 is 1.66 bits per heavy atom. The van der Waals surface area contributed by atoms with E-state index in [0.717, 1.165) is 22.9 Å². The van der Waals surface area contributed by atoms with Crippen LogP contribution in [0.15, 0.2) is 35.1 Å². The average molecular weight is 453 g/mol. The second-order valence-corrected chi connectivity index (χ2v) is 7.94. The van der Waals surface area contributed by atoms with E-state index in [1.165, 1.54) is 26.0 Å². The van der Waals surface area contributed by atoms with Crippen LogP contribution in [0.25, 0.3) is 5.69 Å². The van der Waals surface area contributed by atoms with Crippen LogP contribution in [0.3, 0.4) is 0 Å². The Kier molecular flexibility index (Phi) is 7.48. The number of amides is 1. The van der Waals surface area contributed by atoms with E-state index < -0.39 is 40.8 Å². The Morgan fingerprint density at radius 3 is 2.19 bits per heavy atom. The van der Waals surface area contributed by atoms with E-state index in [9.17, 15) is 27.6 Å². The van der Waals surface area contributed by atoms with E-state index in [0.29, 0.717) is 0 Å². The van der Waals surface area contributed by atoms with Crippen molar-refractivity contribution < 1.29 is 27.5 Å². The van der Waals surface area contributed by atoms with Gasteiger partial charge in [0.2, 0.25) is 11.1 Å². The average Bonchev–Trinajstić information content (AvgIpc) is 2.66. The van der Waals surface area contributed by atoms with Crippen molar-refractivity contribution >= 4 is 11.9 Å². The zero-order valence-corrected chi connectivity index (χ0v) is 18.7. The lowest BCUT2D eigenvalue weighted by molar-refractivity contribution is -0.143. The zero-order valence-electron chi connectivity index (χ0n) is 18.7. The number of rotatable bonds is 6. The highest BCUT2D eigenvalue weighted by Gasteiger charge is 2.31. The zero-order chi connectivity index (χ0) is 24.4. The van der Waals surface area contributed by atoms with Gasteiger partial charge in [-0.25, -0.2) is 9.48 Å². The summed E-state index contributed by atoms with van der Waals surface area (Å²) in [6.07, 6.45) is -5.75. The molecule has 0 saturated carbocycles. The van der Waals surface area contributed by atoms with Gasteiger partial charge in [-0.15, -0.1) is 0 Å². The van der Waals surface area contributed by atoms with E-state index >= 15 is 0 Å². The molecule has 1 heterocycles. The smallest absolute Gasteiger partial charge is 0.416 e. The lowest BCUT2D eigenvalue weighted by Gasteiger charge is -2.32. The summed E-state index contributed by atoms with van der Waals surface area (Å²) in [7, 11) is 0. The molecule has 2 aromatic rings. The standard InChI is InChI=1S/C22H26F3N3O4/c1-12(2)27(13(3)4)20(30)15(6)32-21(31)19-18(29)10-14(5)28(26-19)17-9-7-8-16(11-17)22(23,24)25/h7-13,15H,1-6H3. The summed E-state index contributed by atoms with van der Waals surface area (Å²) in [6.45, 7) is 10.1. The first-order valence-electron chi connectivity index (χ1n) is 10.1. The second-order valence-electron chi connectivity index (χ2n) is 7.94. The predicted molar refractivity (Wildman–Crippen MR) is 112 cm³/mol. The number of hydrogen-bond acceptors (Lipinski definition) is 5. The number of benzene rings is 1. The molecule has 2 rings (SSSR count). The molecule has 32 heavy (non-hydrogen) atoms. The maximum absolute atomic E-state index is 13.1. The highest BCUT2D eigenvalue weighted by molar-refractivity contribution is 5.90. The molecule has 1 unspecified atom stereocenters. The van der Waals surface area contributed by atoms with Crippen LogP contribution < -0.4 is 5.43 Å². The monoisotopic (exact) mass is 453 g/mol. The molecule has 7 nitrogen and oxygen atoms in total. The summed E-state index contributed by atoms with van der Waals surface area (Å²) in [5.41, 5.74) is -2.06. The molecule has 0 spiro atoms. The fraction of sp³-hybridized carbons (Fsp3) is 0.455. The molecule has 1 atom stereocenters. The van der Waals surface area contributed by atoms with Gasteiger partial charge in [0.1, 0.15) is 0 Å². The summed E-state index contributed by atoms with van der Waals surface area (Å²) in [5.74, 6) is -1.57. The van der Waals surface area contributed by atoms with Crippen molar-refractivity contribution in [3.05, 3.63) is 57.5 Å². The Bertz CT molecular complexity index is 1050. The molecule has 174 valence electrons. The predicted octanol–water partition coefficient (Wildman–Crippen LogP) is 3.75. The SMILES string of the molecule is Cc1cc(=O)c(C(=O)OC(C)C(=O)N(C(C)C)C(C)C)nn1-c1cccc(C(F)(F)F)c1. The number of aromatic nitrogens is 2. The first kappa shape index (κ1) is 25.1. The molecule has 0 saturated heterocycles. The summed E-state index contributed by atoms with van der Waals surface area (Å²) in [4.78, 5) is 39.2. The van der Waals surface area contributed by atoms with Crippen molar-refractivity contribution in [2.75, 3.05) is 0 Å². The highest BCUT2D eigenvalue weighted by Crippen LogP contribution is 2.30. The molecule has 0 fully saturated rings. The third kappa shape index (κ3) is 5.54. The van der Waals surface area contributed by atoms with Gasteiger partial charge in [-0.1, -0.05) is 6.07 Å². The Labute approximate surface area is 183 Å². The maximum Gasteiger partial charge on any atom is 0.416 e. The summed E-state index contributed by atoms with van der Waals surface area (Å²) in [5, 5.41) is 3.93. The topological polar surface area (TPSA) is 81.5 Å². The first-order valence-corrected chi connectivity index (χ1v) is 10.1. The van der Waals surface area contributed by atoms with Gasteiger partial charge in [0.25, 0.3) is 5.91 Å². The molecule has 1 aromatic heterocycles. The molecular formula is C22H26F3N3O4. The molecule has 0 bridgehead atoms. The minimum absolute atomic E-state index is 0.0151. The normalized spacial score (nSPS) is 12.7. The minimum Gasteiger partial charge on any atom is -0.448 e. The van der Waals surface area contributed by atoms with Gasteiger partial charge < -0.3 is 9.64 Å². The number of carbonyl (C=O) groups is 2. The quantitative estimate of drug-likeness (QED) is 0.623. The Balaban J connectivity index is 2.38. The molecule has 0 aliphatic heterocycles. The summed E-state index contributed by atoms with van der Waals surface area (Å²) >= 11 is 0. The van der Waals surface area contributed by atoms with Crippen LogP contribution in [0.2, 0.25) is 0 Å². The third-order valence-electron chi connectivity index (χ3n) is 4.72. The Morgan fingerprint density at radius 1 is 1.06 bits per heavy atom. The number of hydrogen-bond donors (Lipinski definition) is 0. The number of ether oxygens (including phenoxy) is 1. The highest BCUT2D eigenvalue weighted by atomic mass is 19.4. The van der Waals surface area contributed by atoms with Gasteiger partial charge in [0.05, 0.1) is 11.3 Å². The molecule has 1 aromatic carbocycles. The maximum atomic E-state index is 13.1. The van der Waals surface area contributed by atoms with Crippen LogP contribution >= 0.6 is 0 Å². The van der Waals surface area contributed by atoms with Crippen molar-refractivity contribution in [1.82, 2.24) is 14.7 Å². The van der Waals surface area contributed by atoms with Crippen LogP contribution in [0.4, 0.5) is 13.2 Å². The number of nitrogens with zero attached hydrogens (tertiary/aromatic N) is 3. The number of esters is 1. The van der Waals surface area contributed by atoms with Crippen molar-refractivity contribution in [2.24, 2.45) is 0 Å². The largest absolute Gasteiger partial charge is 0.448 e. The lowest BCUT2D eigenvalue weighted by atomic mass is 10.2.